The van der Waals surface area contributed by atoms with Crippen LogP contribution in [0.4, 0.5) is 13.2 Å². The summed E-state index contributed by atoms with van der Waals surface area (Å²) in [6, 6.07) is 9.02. The van der Waals surface area contributed by atoms with E-state index >= 15 is 0 Å². The Kier molecular flexibility index (Phi) is 8.00. The van der Waals surface area contributed by atoms with Gasteiger partial charge in [0.25, 0.3) is 0 Å². The highest BCUT2D eigenvalue weighted by molar-refractivity contribution is 14.0. The van der Waals surface area contributed by atoms with Gasteiger partial charge >= 0.3 is 6.18 Å². The van der Waals surface area contributed by atoms with Crippen LogP contribution in [-0.2, 0) is 19.1 Å². The smallest absolute Gasteiger partial charge is 0.416 e. The lowest BCUT2D eigenvalue weighted by molar-refractivity contribution is -0.137. The summed E-state index contributed by atoms with van der Waals surface area (Å²) >= 11 is 0. The molecule has 1 saturated carbocycles. The molecule has 27 heavy (non-hydrogen) atoms. The number of nitrogens with zero attached hydrogens (tertiary/aromatic N) is 1. The molecule has 0 aliphatic heterocycles. The molecular formula is C19H23F3IN3O. The summed E-state index contributed by atoms with van der Waals surface area (Å²) in [5.41, 5.74) is -0.123. The van der Waals surface area contributed by atoms with E-state index in [0.29, 0.717) is 30.4 Å². The maximum absolute atomic E-state index is 12.8. The molecule has 4 nitrogen and oxygen atoms in total. The van der Waals surface area contributed by atoms with Crippen LogP contribution in [0.15, 0.2) is 52.1 Å². The predicted octanol–water partition coefficient (Wildman–Crippen LogP) is 4.60. The van der Waals surface area contributed by atoms with Gasteiger partial charge in [-0.2, -0.15) is 13.2 Å². The molecule has 3 rings (SSSR count). The number of guanidine groups is 1. The molecule has 148 valence electrons. The molecule has 0 spiro atoms. The van der Waals surface area contributed by atoms with E-state index in [9.17, 15) is 13.2 Å². The third kappa shape index (κ3) is 7.43. The van der Waals surface area contributed by atoms with E-state index < -0.39 is 11.7 Å². The Hall–Kier alpha value is -1.71. The van der Waals surface area contributed by atoms with Crippen LogP contribution < -0.4 is 10.6 Å². The van der Waals surface area contributed by atoms with Crippen molar-refractivity contribution < 1.29 is 17.6 Å². The first-order chi connectivity index (χ1) is 12.5. The summed E-state index contributed by atoms with van der Waals surface area (Å²) < 4.78 is 43.7. The molecule has 2 N–H and O–H groups in total. The zero-order chi connectivity index (χ0) is 18.4. The lowest BCUT2D eigenvalue weighted by atomic mass is 10.1. The van der Waals surface area contributed by atoms with Crippen LogP contribution in [0.25, 0.3) is 0 Å². The molecule has 0 atom stereocenters. The van der Waals surface area contributed by atoms with E-state index in [2.05, 4.69) is 15.6 Å². The number of hydrogen-bond acceptors (Lipinski definition) is 2. The first-order valence-corrected chi connectivity index (χ1v) is 8.71. The monoisotopic (exact) mass is 493 g/mol. The number of nitrogens with one attached hydrogen (secondary N) is 2. The van der Waals surface area contributed by atoms with Gasteiger partial charge in [-0.3, -0.25) is 0 Å². The third-order valence-electron chi connectivity index (χ3n) is 4.17. The van der Waals surface area contributed by atoms with E-state index in [4.69, 9.17) is 4.42 Å². The Balaban J connectivity index is 0.00000261. The minimum Gasteiger partial charge on any atom is -0.469 e. The fourth-order valence-corrected chi connectivity index (χ4v) is 2.51. The highest BCUT2D eigenvalue weighted by Gasteiger charge is 2.30. The fourth-order valence-electron chi connectivity index (χ4n) is 2.51. The predicted molar refractivity (Wildman–Crippen MR) is 109 cm³/mol. The highest BCUT2D eigenvalue weighted by atomic mass is 127. The topological polar surface area (TPSA) is 49.6 Å². The second-order valence-corrected chi connectivity index (χ2v) is 6.44. The van der Waals surface area contributed by atoms with Gasteiger partial charge in [-0.15, -0.1) is 24.0 Å². The number of aliphatic imine (C=N–C) groups is 1. The van der Waals surface area contributed by atoms with Gasteiger partial charge < -0.3 is 15.1 Å². The molecule has 1 aliphatic rings. The van der Waals surface area contributed by atoms with Gasteiger partial charge in [0.2, 0.25) is 0 Å². The Labute approximate surface area is 173 Å². The molecule has 1 aromatic heterocycles. The maximum atomic E-state index is 12.8. The van der Waals surface area contributed by atoms with Gasteiger partial charge in [-0.05, 0) is 48.6 Å². The van der Waals surface area contributed by atoms with E-state index in [1.54, 1.807) is 12.3 Å². The van der Waals surface area contributed by atoms with Crippen molar-refractivity contribution in [1.29, 1.82) is 0 Å². The van der Waals surface area contributed by atoms with Crippen molar-refractivity contribution >= 4 is 29.9 Å². The average Bonchev–Trinajstić information content (AvgIpc) is 3.30. The number of benzene rings is 1. The highest BCUT2D eigenvalue weighted by Crippen LogP contribution is 2.29. The lowest BCUT2D eigenvalue weighted by Crippen LogP contribution is -2.39. The SMILES string of the molecule is FC(F)(F)c1cccc(CN=C(NCCc2ccco2)NCC2CC2)c1.I. The van der Waals surface area contributed by atoms with Crippen LogP contribution in [0.3, 0.4) is 0 Å². The maximum Gasteiger partial charge on any atom is 0.416 e. The van der Waals surface area contributed by atoms with E-state index in [-0.39, 0.29) is 30.5 Å². The zero-order valence-corrected chi connectivity index (χ0v) is 17.1. The van der Waals surface area contributed by atoms with Gasteiger partial charge in [-0.25, -0.2) is 4.99 Å². The average molecular weight is 493 g/mol. The summed E-state index contributed by atoms with van der Waals surface area (Å²) in [5.74, 6) is 2.15. The summed E-state index contributed by atoms with van der Waals surface area (Å²) in [6.45, 7) is 1.65. The molecule has 1 fully saturated rings. The molecule has 0 saturated heterocycles. The van der Waals surface area contributed by atoms with Crippen molar-refractivity contribution in [2.45, 2.75) is 32.0 Å². The third-order valence-corrected chi connectivity index (χ3v) is 4.17. The number of rotatable bonds is 7. The Morgan fingerprint density at radius 3 is 2.63 bits per heavy atom. The second-order valence-electron chi connectivity index (χ2n) is 6.44. The number of halogens is 4. The number of furan rings is 1. The molecule has 0 amide bonds. The quantitative estimate of drug-likeness (QED) is 0.337. The van der Waals surface area contributed by atoms with Crippen LogP contribution in [0.2, 0.25) is 0 Å². The van der Waals surface area contributed by atoms with Crippen LogP contribution in [0.1, 0.15) is 29.7 Å². The van der Waals surface area contributed by atoms with Crippen molar-refractivity contribution in [3.63, 3.8) is 0 Å². The van der Waals surface area contributed by atoms with Crippen LogP contribution >= 0.6 is 24.0 Å². The second kappa shape index (κ2) is 10.0. The molecule has 0 bridgehead atoms. The number of hydrogen-bond donors (Lipinski definition) is 2. The molecule has 1 aliphatic carbocycles. The molecule has 1 heterocycles. The summed E-state index contributed by atoms with van der Waals surface area (Å²) in [5, 5.41) is 6.48. The van der Waals surface area contributed by atoms with Gasteiger partial charge in [0.15, 0.2) is 5.96 Å². The molecule has 8 heteroatoms. The Morgan fingerprint density at radius 1 is 1.15 bits per heavy atom. The largest absolute Gasteiger partial charge is 0.469 e. The summed E-state index contributed by atoms with van der Waals surface area (Å²) in [7, 11) is 0. The molecule has 1 aromatic carbocycles. The normalized spacial score (nSPS) is 14.6. The van der Waals surface area contributed by atoms with Crippen molar-refractivity contribution in [2.24, 2.45) is 10.9 Å². The van der Waals surface area contributed by atoms with Crippen LogP contribution in [0.5, 0.6) is 0 Å². The minimum absolute atomic E-state index is 0. The lowest BCUT2D eigenvalue weighted by Gasteiger charge is -2.12. The summed E-state index contributed by atoms with van der Waals surface area (Å²) in [4.78, 5) is 4.43. The first-order valence-electron chi connectivity index (χ1n) is 8.71. The van der Waals surface area contributed by atoms with Crippen molar-refractivity contribution in [1.82, 2.24) is 10.6 Å². The van der Waals surface area contributed by atoms with Crippen LogP contribution in [0, 0.1) is 5.92 Å². The van der Waals surface area contributed by atoms with E-state index in [1.807, 2.05) is 12.1 Å². The van der Waals surface area contributed by atoms with Gasteiger partial charge in [0, 0.05) is 19.5 Å². The molecule has 0 unspecified atom stereocenters. The van der Waals surface area contributed by atoms with E-state index in [0.717, 1.165) is 24.4 Å². The standard InChI is InChI=1S/C19H22F3N3O.HI/c20-19(21,22)16-4-1-3-15(11-16)13-25-18(24-12-14-6-7-14)23-9-8-17-5-2-10-26-17;/h1-5,10-11,14H,6-9,12-13H2,(H2,23,24,25);1H. The molecule has 2 aromatic rings. The van der Waals surface area contributed by atoms with Crippen molar-refractivity contribution in [2.75, 3.05) is 13.1 Å². The van der Waals surface area contributed by atoms with Gasteiger partial charge in [0.05, 0.1) is 18.4 Å². The van der Waals surface area contributed by atoms with Gasteiger partial charge in [0.1, 0.15) is 5.76 Å². The Bertz CT molecular complexity index is 728. The van der Waals surface area contributed by atoms with Crippen molar-refractivity contribution in [3.05, 3.63) is 59.5 Å². The zero-order valence-electron chi connectivity index (χ0n) is 14.8. The van der Waals surface area contributed by atoms with Crippen LogP contribution in [-0.4, -0.2) is 19.0 Å². The minimum atomic E-state index is -4.34. The van der Waals surface area contributed by atoms with E-state index in [1.165, 1.54) is 18.9 Å². The fraction of sp³-hybridized carbons (Fsp3) is 0.421. The summed E-state index contributed by atoms with van der Waals surface area (Å²) in [6.07, 6.45) is 0.415. The molecule has 0 radical (unpaired) electrons. The number of alkyl halides is 3. The van der Waals surface area contributed by atoms with Gasteiger partial charge in [-0.1, -0.05) is 12.1 Å². The molecular weight excluding hydrogens is 470 g/mol. The first kappa shape index (κ1) is 21.6. The Morgan fingerprint density at radius 2 is 1.96 bits per heavy atom. The van der Waals surface area contributed by atoms with Crippen molar-refractivity contribution in [3.8, 4) is 0 Å².